The lowest BCUT2D eigenvalue weighted by Crippen LogP contribution is -2.03. The number of allylic oxidation sites excluding steroid dienone is 2. The zero-order chi connectivity index (χ0) is 37.4. The van der Waals surface area contributed by atoms with Crippen molar-refractivity contribution in [3.63, 3.8) is 0 Å². The van der Waals surface area contributed by atoms with Crippen molar-refractivity contribution in [2.24, 2.45) is 0 Å². The molecule has 0 unspecified atom stereocenters. The van der Waals surface area contributed by atoms with Gasteiger partial charge in [0.25, 0.3) is 0 Å². The largest absolute Gasteiger partial charge is 0.507 e. The van der Waals surface area contributed by atoms with Gasteiger partial charge in [-0.25, -0.2) is 9.97 Å². The molecule has 3 heterocycles. The van der Waals surface area contributed by atoms with Crippen molar-refractivity contribution in [3.05, 3.63) is 193 Å². The molecule has 0 radical (unpaired) electrons. The van der Waals surface area contributed by atoms with E-state index in [0.29, 0.717) is 35.4 Å². The fraction of sp³-hybridized carbons (Fsp3) is 0.0400. The number of hydrogen-bond donors (Lipinski definition) is 1. The van der Waals surface area contributed by atoms with Crippen LogP contribution in [0.1, 0.15) is 11.3 Å². The highest BCUT2D eigenvalue weighted by atomic mass is 32.1. The first-order valence-corrected chi connectivity index (χ1v) is 19.6. The van der Waals surface area contributed by atoms with Crippen LogP contribution in [0.25, 0.3) is 82.9 Å². The normalized spacial score (nSPS) is 11.7. The van der Waals surface area contributed by atoms with Crippen LogP contribution in [0, 0.1) is 0 Å². The number of phenolic OH excluding ortho intramolecular Hbond substituents is 1. The van der Waals surface area contributed by atoms with E-state index in [4.69, 9.17) is 14.4 Å². The first kappa shape index (κ1) is 33.5. The van der Waals surface area contributed by atoms with Crippen LogP contribution in [-0.4, -0.2) is 19.6 Å². The van der Waals surface area contributed by atoms with Gasteiger partial charge in [-0.3, -0.25) is 4.57 Å². The summed E-state index contributed by atoms with van der Waals surface area (Å²) < 4.78 is 8.75. The van der Waals surface area contributed by atoms with E-state index in [1.807, 2.05) is 66.7 Å². The molecule has 56 heavy (non-hydrogen) atoms. The van der Waals surface area contributed by atoms with Crippen LogP contribution in [0.15, 0.2) is 186 Å². The molecular weight excluding hydrogens is 707 g/mol. The molecule has 0 fully saturated rings. The number of fused-ring (bicyclic) bond motifs is 4. The Labute approximate surface area is 328 Å². The summed E-state index contributed by atoms with van der Waals surface area (Å²) in [5.41, 5.74) is 12.0. The molecule has 0 spiro atoms. The van der Waals surface area contributed by atoms with Crippen LogP contribution in [0.4, 0.5) is 0 Å². The van der Waals surface area contributed by atoms with Gasteiger partial charge in [0, 0.05) is 44.8 Å². The van der Waals surface area contributed by atoms with E-state index in [1.165, 1.54) is 0 Å². The Morgan fingerprint density at radius 1 is 0.589 bits per heavy atom. The number of para-hydroxylation sites is 4. The van der Waals surface area contributed by atoms with Gasteiger partial charge < -0.3 is 9.52 Å². The van der Waals surface area contributed by atoms with Crippen molar-refractivity contribution in [1.82, 2.24) is 14.5 Å². The Morgan fingerprint density at radius 2 is 1.21 bits per heavy atom. The molecule has 3 aromatic heterocycles. The molecule has 0 aliphatic heterocycles. The summed E-state index contributed by atoms with van der Waals surface area (Å²) in [4.78, 5) is 10.2. The second kappa shape index (κ2) is 14.3. The third-order valence-electron chi connectivity index (χ3n) is 10.4. The summed E-state index contributed by atoms with van der Waals surface area (Å²) in [5, 5.41) is 17.6. The number of aromatic hydroxyl groups is 1. The smallest absolute Gasteiger partial charge is 0.149 e. The maximum atomic E-state index is 12.5. The highest BCUT2D eigenvalue weighted by Gasteiger charge is 2.26. The van der Waals surface area contributed by atoms with E-state index in [1.54, 1.807) is 11.3 Å². The van der Waals surface area contributed by atoms with Gasteiger partial charge in [0.15, 0.2) is 0 Å². The molecule has 268 valence electrons. The minimum atomic E-state index is 0.149. The molecule has 7 aromatic carbocycles. The van der Waals surface area contributed by atoms with E-state index >= 15 is 0 Å². The van der Waals surface area contributed by atoms with Crippen LogP contribution in [-0.2, 0) is 12.8 Å². The average molecular weight is 742 g/mol. The highest BCUT2D eigenvalue weighted by Crippen LogP contribution is 2.46. The van der Waals surface area contributed by atoms with Crippen LogP contribution in [0.2, 0.25) is 0 Å². The molecule has 0 bridgehead atoms. The van der Waals surface area contributed by atoms with Crippen LogP contribution < -0.4 is 0 Å². The van der Waals surface area contributed by atoms with E-state index in [9.17, 15) is 5.11 Å². The number of imidazole rings is 1. The first-order valence-electron chi connectivity index (χ1n) is 18.7. The van der Waals surface area contributed by atoms with Crippen molar-refractivity contribution >= 4 is 44.3 Å². The molecule has 10 aromatic rings. The van der Waals surface area contributed by atoms with Gasteiger partial charge in [0.2, 0.25) is 0 Å². The lowest BCUT2D eigenvalue weighted by atomic mass is 9.95. The fourth-order valence-corrected chi connectivity index (χ4v) is 8.55. The number of furan rings is 1. The third-order valence-corrected chi connectivity index (χ3v) is 11.3. The molecule has 0 aliphatic rings. The number of rotatable bonds is 9. The van der Waals surface area contributed by atoms with E-state index in [2.05, 4.69) is 119 Å². The SMILES string of the molecule is Oc1c(-c2nc3ccccc3n2-c2c(-c3ccccc3)cccc2-c2ccccc2)cc2c(oc3ccccc32)c1C/C=C\Cc1csc(-c2ccccc2)n1. The summed E-state index contributed by atoms with van der Waals surface area (Å²) in [5.74, 6) is 0.800. The van der Waals surface area contributed by atoms with Gasteiger partial charge in [-0.15, -0.1) is 11.3 Å². The zero-order valence-corrected chi connectivity index (χ0v) is 31.2. The Hall–Kier alpha value is -7.02. The summed E-state index contributed by atoms with van der Waals surface area (Å²) >= 11 is 1.65. The molecule has 0 amide bonds. The van der Waals surface area contributed by atoms with Crippen LogP contribution in [0.5, 0.6) is 5.75 Å². The van der Waals surface area contributed by atoms with Gasteiger partial charge in [0.05, 0.1) is 28.0 Å². The van der Waals surface area contributed by atoms with Gasteiger partial charge in [-0.05, 0) is 41.8 Å². The standard InChI is InChI=1S/C50H35N3O2S/c54-47-40(25-11-10-23-36-32-56-50(51-36)35-21-8-3-9-22-35)48-41(39-24-12-15-30-45(39)55-48)31-42(47)49-52-43-28-13-14-29-44(43)53(49)46-37(33-17-4-1-5-18-33)26-16-27-38(46)34-19-6-2-7-20-34/h1-22,24,26-32,54H,23,25H2/b11-10-. The van der Waals surface area contributed by atoms with Gasteiger partial charge in [-0.2, -0.15) is 0 Å². The first-order chi connectivity index (χ1) is 27.7. The summed E-state index contributed by atoms with van der Waals surface area (Å²) in [7, 11) is 0. The van der Waals surface area contributed by atoms with E-state index in [0.717, 1.165) is 71.6 Å². The predicted molar refractivity (Wildman–Crippen MR) is 230 cm³/mol. The van der Waals surface area contributed by atoms with E-state index < -0.39 is 0 Å². The topological polar surface area (TPSA) is 64.1 Å². The Morgan fingerprint density at radius 3 is 1.95 bits per heavy atom. The lowest BCUT2D eigenvalue weighted by Gasteiger charge is -2.20. The number of hydrogen-bond acceptors (Lipinski definition) is 5. The molecule has 0 saturated heterocycles. The second-order valence-electron chi connectivity index (χ2n) is 13.8. The van der Waals surface area contributed by atoms with Gasteiger partial charge >= 0.3 is 0 Å². The summed E-state index contributed by atoms with van der Waals surface area (Å²) in [6, 6.07) is 56.0. The number of aromatic nitrogens is 3. The predicted octanol–water partition coefficient (Wildman–Crippen LogP) is 13.1. The quantitative estimate of drug-likeness (QED) is 0.150. The Bertz CT molecular complexity index is 2980. The molecule has 6 heteroatoms. The highest BCUT2D eigenvalue weighted by molar-refractivity contribution is 7.13. The van der Waals surface area contributed by atoms with Crippen LogP contribution in [0.3, 0.4) is 0 Å². The lowest BCUT2D eigenvalue weighted by molar-refractivity contribution is 0.470. The second-order valence-corrected chi connectivity index (χ2v) is 14.7. The molecule has 0 atom stereocenters. The fourth-order valence-electron chi connectivity index (χ4n) is 7.71. The summed E-state index contributed by atoms with van der Waals surface area (Å²) in [6.45, 7) is 0. The number of benzene rings is 7. The number of nitrogens with zero attached hydrogens (tertiary/aromatic N) is 3. The Balaban J connectivity index is 1.16. The van der Waals surface area contributed by atoms with Crippen molar-refractivity contribution in [1.29, 1.82) is 0 Å². The molecular formula is C50H35N3O2S. The van der Waals surface area contributed by atoms with E-state index in [-0.39, 0.29) is 5.75 Å². The van der Waals surface area contributed by atoms with Crippen molar-refractivity contribution < 1.29 is 9.52 Å². The van der Waals surface area contributed by atoms with Gasteiger partial charge in [0.1, 0.15) is 27.7 Å². The minimum absolute atomic E-state index is 0.149. The number of phenols is 1. The minimum Gasteiger partial charge on any atom is -0.507 e. The number of thiazole rings is 1. The van der Waals surface area contributed by atoms with Crippen molar-refractivity contribution in [2.75, 3.05) is 0 Å². The van der Waals surface area contributed by atoms with Gasteiger partial charge in [-0.1, -0.05) is 152 Å². The summed E-state index contributed by atoms with van der Waals surface area (Å²) in [6.07, 6.45) is 5.37. The maximum absolute atomic E-state index is 12.5. The zero-order valence-electron chi connectivity index (χ0n) is 30.3. The van der Waals surface area contributed by atoms with Crippen molar-refractivity contribution in [2.45, 2.75) is 12.8 Å². The molecule has 0 aliphatic carbocycles. The van der Waals surface area contributed by atoms with Crippen LogP contribution >= 0.6 is 11.3 Å². The molecule has 0 saturated carbocycles. The Kier molecular flexibility index (Phi) is 8.58. The monoisotopic (exact) mass is 741 g/mol. The molecule has 5 nitrogen and oxygen atoms in total. The van der Waals surface area contributed by atoms with Crippen molar-refractivity contribution in [3.8, 4) is 55.6 Å². The molecule has 1 N–H and O–H groups in total. The molecule has 10 rings (SSSR count). The average Bonchev–Trinajstić information content (AvgIpc) is 3.99. The maximum Gasteiger partial charge on any atom is 0.149 e. The third kappa shape index (κ3) is 5.97.